The molecule has 0 aromatic heterocycles. The van der Waals surface area contributed by atoms with Crippen LogP contribution in [0.25, 0.3) is 0 Å². The van der Waals surface area contributed by atoms with Gasteiger partial charge in [0.05, 0.1) is 6.61 Å². The minimum Gasteiger partial charge on any atom is -0.297 e. The lowest BCUT2D eigenvalue weighted by atomic mass is 9.89. The molecule has 1 unspecified atom stereocenters. The van der Waals surface area contributed by atoms with E-state index in [2.05, 4.69) is 45.3 Å². The molecule has 0 saturated heterocycles. The highest BCUT2D eigenvalue weighted by atomic mass is 16.6. The Morgan fingerprint density at radius 1 is 1.18 bits per heavy atom. The molecule has 0 radical (unpaired) electrons. The minimum absolute atomic E-state index is 0.398. The van der Waals surface area contributed by atoms with Crippen LogP contribution in [0.1, 0.15) is 46.1 Å². The average molecular weight is 235 g/mol. The van der Waals surface area contributed by atoms with Crippen LogP contribution in [0.3, 0.4) is 0 Å². The van der Waals surface area contributed by atoms with Gasteiger partial charge in [0.2, 0.25) is 0 Å². The summed E-state index contributed by atoms with van der Waals surface area (Å²) < 4.78 is 0. The second kappa shape index (κ2) is 6.77. The SMILES string of the molecule is CC(CCC(C)(C)C)NOCc1ccccc1. The third-order valence-electron chi connectivity index (χ3n) is 2.69. The van der Waals surface area contributed by atoms with Crippen molar-refractivity contribution in [2.45, 2.75) is 53.2 Å². The fourth-order valence-corrected chi connectivity index (χ4v) is 1.55. The first-order valence-corrected chi connectivity index (χ1v) is 6.38. The number of nitrogens with one attached hydrogen (secondary N) is 1. The summed E-state index contributed by atoms with van der Waals surface area (Å²) in [6.07, 6.45) is 2.34. The van der Waals surface area contributed by atoms with Gasteiger partial charge in [0.15, 0.2) is 0 Å². The van der Waals surface area contributed by atoms with Gasteiger partial charge < -0.3 is 0 Å². The van der Waals surface area contributed by atoms with Crippen LogP contribution < -0.4 is 5.48 Å². The van der Waals surface area contributed by atoms with Crippen molar-refractivity contribution in [2.75, 3.05) is 0 Å². The smallest absolute Gasteiger partial charge is 0.0933 e. The summed E-state index contributed by atoms with van der Waals surface area (Å²) in [7, 11) is 0. The number of rotatable bonds is 6. The van der Waals surface area contributed by atoms with Crippen LogP contribution in [0.4, 0.5) is 0 Å². The van der Waals surface area contributed by atoms with Crippen molar-refractivity contribution in [1.29, 1.82) is 0 Å². The van der Waals surface area contributed by atoms with Crippen molar-refractivity contribution in [2.24, 2.45) is 5.41 Å². The Labute approximate surface area is 105 Å². The van der Waals surface area contributed by atoms with Gasteiger partial charge in [-0.2, -0.15) is 5.48 Å². The molecule has 1 aromatic carbocycles. The monoisotopic (exact) mass is 235 g/mol. The molecule has 2 nitrogen and oxygen atoms in total. The standard InChI is InChI=1S/C15H25NO/c1-13(10-11-15(2,3)4)16-17-12-14-8-6-5-7-9-14/h5-9,13,16H,10-12H2,1-4H3. The Morgan fingerprint density at radius 3 is 2.41 bits per heavy atom. The zero-order valence-corrected chi connectivity index (χ0v) is 11.5. The van der Waals surface area contributed by atoms with E-state index in [1.165, 1.54) is 12.0 Å². The Kier molecular flexibility index (Phi) is 5.66. The van der Waals surface area contributed by atoms with E-state index in [-0.39, 0.29) is 0 Å². The molecule has 0 bridgehead atoms. The van der Waals surface area contributed by atoms with Crippen molar-refractivity contribution < 1.29 is 4.84 Å². The van der Waals surface area contributed by atoms with E-state index < -0.39 is 0 Å². The predicted molar refractivity (Wildman–Crippen MR) is 72.5 cm³/mol. The summed E-state index contributed by atoms with van der Waals surface area (Å²) in [4.78, 5) is 5.50. The average Bonchev–Trinajstić information content (AvgIpc) is 2.27. The molecule has 0 amide bonds. The molecule has 17 heavy (non-hydrogen) atoms. The van der Waals surface area contributed by atoms with Crippen LogP contribution in [0.5, 0.6) is 0 Å². The molecule has 0 spiro atoms. The Morgan fingerprint density at radius 2 is 1.82 bits per heavy atom. The quantitative estimate of drug-likeness (QED) is 0.754. The van der Waals surface area contributed by atoms with E-state index >= 15 is 0 Å². The topological polar surface area (TPSA) is 21.3 Å². The van der Waals surface area contributed by atoms with Crippen molar-refractivity contribution in [3.05, 3.63) is 35.9 Å². The summed E-state index contributed by atoms with van der Waals surface area (Å²) >= 11 is 0. The van der Waals surface area contributed by atoms with Gasteiger partial charge in [-0.1, -0.05) is 51.1 Å². The van der Waals surface area contributed by atoms with Gasteiger partial charge >= 0.3 is 0 Å². The van der Waals surface area contributed by atoms with E-state index in [1.54, 1.807) is 0 Å². The molecule has 0 aliphatic rings. The number of hydroxylamine groups is 1. The highest BCUT2D eigenvalue weighted by Crippen LogP contribution is 2.21. The molecule has 0 aliphatic carbocycles. The lowest BCUT2D eigenvalue weighted by Gasteiger charge is -2.21. The van der Waals surface area contributed by atoms with Crippen LogP contribution in [0.2, 0.25) is 0 Å². The van der Waals surface area contributed by atoms with E-state index in [9.17, 15) is 0 Å². The number of hydrogen-bond donors (Lipinski definition) is 1. The van der Waals surface area contributed by atoms with Crippen molar-refractivity contribution in [3.63, 3.8) is 0 Å². The molecule has 1 aromatic rings. The first kappa shape index (κ1) is 14.2. The van der Waals surface area contributed by atoms with E-state index in [4.69, 9.17) is 4.84 Å². The molecule has 1 atom stereocenters. The van der Waals surface area contributed by atoms with Crippen LogP contribution >= 0.6 is 0 Å². The van der Waals surface area contributed by atoms with Gasteiger partial charge in [0, 0.05) is 6.04 Å². The minimum atomic E-state index is 0.398. The highest BCUT2D eigenvalue weighted by Gasteiger charge is 2.12. The van der Waals surface area contributed by atoms with Gasteiger partial charge in [-0.15, -0.1) is 0 Å². The van der Waals surface area contributed by atoms with Gasteiger partial charge in [-0.25, -0.2) is 0 Å². The fraction of sp³-hybridized carbons (Fsp3) is 0.600. The summed E-state index contributed by atoms with van der Waals surface area (Å²) in [5, 5.41) is 0. The van der Waals surface area contributed by atoms with E-state index in [0.29, 0.717) is 18.1 Å². The van der Waals surface area contributed by atoms with E-state index in [0.717, 1.165) is 6.42 Å². The van der Waals surface area contributed by atoms with Crippen molar-refractivity contribution >= 4 is 0 Å². The zero-order chi connectivity index (χ0) is 12.7. The van der Waals surface area contributed by atoms with Gasteiger partial charge in [0.25, 0.3) is 0 Å². The lowest BCUT2D eigenvalue weighted by molar-refractivity contribution is 0.00375. The molecular formula is C15H25NO. The van der Waals surface area contributed by atoms with Crippen molar-refractivity contribution in [3.8, 4) is 0 Å². The molecule has 1 N–H and O–H groups in total. The second-order valence-corrected chi connectivity index (χ2v) is 5.89. The summed E-state index contributed by atoms with van der Waals surface area (Å²) in [6, 6.07) is 10.6. The first-order valence-electron chi connectivity index (χ1n) is 6.38. The molecular weight excluding hydrogens is 210 g/mol. The Bertz CT molecular complexity index is 302. The van der Waals surface area contributed by atoms with Crippen molar-refractivity contribution in [1.82, 2.24) is 5.48 Å². The molecule has 0 fully saturated rings. The largest absolute Gasteiger partial charge is 0.297 e. The highest BCUT2D eigenvalue weighted by molar-refractivity contribution is 5.13. The molecule has 96 valence electrons. The maximum atomic E-state index is 5.50. The van der Waals surface area contributed by atoms with Gasteiger partial charge in [-0.3, -0.25) is 4.84 Å². The number of benzene rings is 1. The maximum absolute atomic E-state index is 5.50. The Balaban J connectivity index is 2.14. The van der Waals surface area contributed by atoms with Gasteiger partial charge in [-0.05, 0) is 30.7 Å². The lowest BCUT2D eigenvalue weighted by Crippen LogP contribution is -2.27. The molecule has 0 heterocycles. The molecule has 2 heteroatoms. The second-order valence-electron chi connectivity index (χ2n) is 5.89. The summed E-state index contributed by atoms with van der Waals surface area (Å²) in [5.41, 5.74) is 4.70. The van der Waals surface area contributed by atoms with Crippen LogP contribution in [-0.2, 0) is 11.4 Å². The maximum Gasteiger partial charge on any atom is 0.0933 e. The normalized spacial score (nSPS) is 13.6. The fourth-order valence-electron chi connectivity index (χ4n) is 1.55. The molecule has 0 saturated carbocycles. The molecule has 1 rings (SSSR count). The third kappa shape index (κ3) is 7.14. The number of hydrogen-bond acceptors (Lipinski definition) is 2. The summed E-state index contributed by atoms with van der Waals surface area (Å²) in [6.45, 7) is 9.59. The predicted octanol–water partition coefficient (Wildman–Crippen LogP) is 3.92. The first-order chi connectivity index (χ1) is 7.97. The summed E-state index contributed by atoms with van der Waals surface area (Å²) in [5.74, 6) is 0. The Hall–Kier alpha value is -0.860. The van der Waals surface area contributed by atoms with Gasteiger partial charge in [0.1, 0.15) is 0 Å². The zero-order valence-electron chi connectivity index (χ0n) is 11.5. The van der Waals surface area contributed by atoms with E-state index in [1.807, 2.05) is 18.2 Å². The third-order valence-corrected chi connectivity index (χ3v) is 2.69. The van der Waals surface area contributed by atoms with Crippen LogP contribution in [-0.4, -0.2) is 6.04 Å². The molecule has 0 aliphatic heterocycles. The van der Waals surface area contributed by atoms with Crippen LogP contribution in [0.15, 0.2) is 30.3 Å². The van der Waals surface area contributed by atoms with Crippen LogP contribution in [0, 0.1) is 5.41 Å².